The van der Waals surface area contributed by atoms with E-state index in [2.05, 4.69) is 33.2 Å². The second-order valence-electron chi connectivity index (χ2n) is 7.79. The third-order valence-corrected chi connectivity index (χ3v) is 6.14. The predicted octanol–water partition coefficient (Wildman–Crippen LogP) is 4.37. The molecule has 0 fully saturated rings. The normalized spacial score (nSPS) is 19.6. The summed E-state index contributed by atoms with van der Waals surface area (Å²) in [6.45, 7) is 3.60. The van der Waals surface area contributed by atoms with E-state index in [-0.39, 0.29) is 11.2 Å². The smallest absolute Gasteiger partial charge is 0.170 e. The highest BCUT2D eigenvalue weighted by Crippen LogP contribution is 2.52. The van der Waals surface area contributed by atoms with Crippen molar-refractivity contribution in [3.63, 3.8) is 0 Å². The van der Waals surface area contributed by atoms with E-state index in [1.807, 2.05) is 25.1 Å². The number of fused-ring (bicyclic) bond motifs is 5. The van der Waals surface area contributed by atoms with Crippen molar-refractivity contribution in [2.75, 3.05) is 18.1 Å². The first-order chi connectivity index (χ1) is 14.2. The number of aryl methyl sites for hydroxylation is 1. The number of anilines is 1. The Balaban J connectivity index is 1.50. The van der Waals surface area contributed by atoms with E-state index < -0.39 is 0 Å². The van der Waals surface area contributed by atoms with Gasteiger partial charge in [0, 0.05) is 35.4 Å². The van der Waals surface area contributed by atoms with E-state index in [0.717, 1.165) is 33.7 Å². The molecule has 0 N–H and O–H groups in total. The first kappa shape index (κ1) is 16.5. The summed E-state index contributed by atoms with van der Waals surface area (Å²) in [4.78, 5) is 6.45. The molecule has 5 nitrogen and oxygen atoms in total. The summed E-state index contributed by atoms with van der Waals surface area (Å²) >= 11 is 0. The Morgan fingerprint density at radius 3 is 2.93 bits per heavy atom. The van der Waals surface area contributed by atoms with Gasteiger partial charge in [-0.15, -0.1) is 0 Å². The molecule has 0 saturated carbocycles. The summed E-state index contributed by atoms with van der Waals surface area (Å²) in [6, 6.07) is 15.5. The first-order valence-corrected chi connectivity index (χ1v) is 9.63. The Hall–Kier alpha value is -3.41. The van der Waals surface area contributed by atoms with Crippen LogP contribution in [0.5, 0.6) is 5.75 Å². The summed E-state index contributed by atoms with van der Waals surface area (Å²) in [5, 5.41) is 5.09. The molecule has 6 rings (SSSR count). The van der Waals surface area contributed by atoms with Crippen molar-refractivity contribution >= 4 is 16.7 Å². The lowest BCUT2D eigenvalue weighted by Crippen LogP contribution is -2.36. The van der Waals surface area contributed by atoms with Crippen LogP contribution in [-0.4, -0.2) is 23.3 Å². The van der Waals surface area contributed by atoms with Crippen molar-refractivity contribution in [1.82, 2.24) is 10.1 Å². The Morgan fingerprint density at radius 1 is 1.14 bits per heavy atom. The second kappa shape index (κ2) is 5.80. The maximum absolute atomic E-state index is 14.3. The number of nitrogens with zero attached hydrogens (tertiary/aromatic N) is 3. The molecule has 2 aromatic carbocycles. The molecule has 2 aromatic heterocycles. The summed E-state index contributed by atoms with van der Waals surface area (Å²) < 4.78 is 25.8. The number of aromatic nitrogens is 2. The number of pyridine rings is 1. The highest BCUT2D eigenvalue weighted by molar-refractivity contribution is 5.84. The van der Waals surface area contributed by atoms with Gasteiger partial charge in [0.05, 0.1) is 23.3 Å². The van der Waals surface area contributed by atoms with Crippen molar-refractivity contribution in [2.45, 2.75) is 18.9 Å². The summed E-state index contributed by atoms with van der Waals surface area (Å²) in [5.41, 5.74) is 5.16. The fourth-order valence-electron chi connectivity index (χ4n) is 4.72. The molecule has 1 atom stereocenters. The van der Waals surface area contributed by atoms with Crippen LogP contribution < -0.4 is 9.64 Å². The number of hydrogen-bond acceptors (Lipinski definition) is 5. The van der Waals surface area contributed by atoms with Crippen LogP contribution in [0.3, 0.4) is 0 Å². The van der Waals surface area contributed by atoms with Gasteiger partial charge in [0.25, 0.3) is 0 Å². The fraction of sp³-hybridized carbons (Fsp3) is 0.217. The molecule has 6 heteroatoms. The van der Waals surface area contributed by atoms with Gasteiger partial charge in [0.1, 0.15) is 18.2 Å². The molecule has 0 radical (unpaired) electrons. The third-order valence-electron chi connectivity index (χ3n) is 6.14. The van der Waals surface area contributed by atoms with E-state index in [0.29, 0.717) is 25.4 Å². The van der Waals surface area contributed by atoms with Crippen molar-refractivity contribution in [3.8, 4) is 5.75 Å². The number of halogens is 1. The van der Waals surface area contributed by atoms with E-state index >= 15 is 0 Å². The fourth-order valence-corrected chi connectivity index (χ4v) is 4.72. The van der Waals surface area contributed by atoms with Gasteiger partial charge in [-0.2, -0.15) is 0 Å². The highest BCUT2D eigenvalue weighted by atomic mass is 19.1. The molecule has 29 heavy (non-hydrogen) atoms. The highest BCUT2D eigenvalue weighted by Gasteiger charge is 2.50. The summed E-state index contributed by atoms with van der Waals surface area (Å²) in [6.07, 6.45) is 1.63. The van der Waals surface area contributed by atoms with Crippen molar-refractivity contribution < 1.29 is 13.7 Å². The minimum atomic E-state index is -0.310. The monoisotopic (exact) mass is 387 g/mol. The average Bonchev–Trinajstić information content (AvgIpc) is 3.39. The van der Waals surface area contributed by atoms with Crippen molar-refractivity contribution in [2.24, 2.45) is 0 Å². The van der Waals surface area contributed by atoms with Crippen LogP contribution in [0.2, 0.25) is 0 Å². The molecular formula is C23H18FN3O2. The van der Waals surface area contributed by atoms with Gasteiger partial charge < -0.3 is 14.2 Å². The Kier molecular flexibility index (Phi) is 3.30. The van der Waals surface area contributed by atoms with Crippen LogP contribution in [0, 0.1) is 12.7 Å². The van der Waals surface area contributed by atoms with E-state index in [9.17, 15) is 4.39 Å². The number of rotatable bonds is 2. The molecule has 2 aliphatic heterocycles. The number of hydrogen-bond donors (Lipinski definition) is 0. The largest absolute Gasteiger partial charge is 0.492 e. The summed E-state index contributed by atoms with van der Waals surface area (Å²) in [7, 11) is 0. The quantitative estimate of drug-likeness (QED) is 0.511. The zero-order chi connectivity index (χ0) is 19.6. The molecule has 1 unspecified atom stereocenters. The molecule has 0 saturated heterocycles. The lowest BCUT2D eigenvalue weighted by Gasteiger charge is -2.25. The standard InChI is InChI=1S/C23H18FN3O2/c1-14-15-9-17-22(10-21(15)29-26-14)28-13-23(17)12-27(20-7-3-2-5-16(20)23)11-19-18(24)6-4-8-25-19/h2-10H,11-13H2,1H3. The van der Waals surface area contributed by atoms with Gasteiger partial charge in [-0.25, -0.2) is 4.39 Å². The molecule has 0 amide bonds. The number of para-hydroxylation sites is 1. The molecule has 144 valence electrons. The molecule has 0 bridgehead atoms. The van der Waals surface area contributed by atoms with Gasteiger partial charge in [-0.3, -0.25) is 4.98 Å². The Morgan fingerprint density at radius 2 is 2.03 bits per heavy atom. The molecule has 0 aliphatic carbocycles. The van der Waals surface area contributed by atoms with Crippen LogP contribution in [0.4, 0.5) is 10.1 Å². The van der Waals surface area contributed by atoms with Gasteiger partial charge in [0.2, 0.25) is 0 Å². The van der Waals surface area contributed by atoms with Gasteiger partial charge in [-0.1, -0.05) is 23.4 Å². The molecule has 4 heterocycles. The third kappa shape index (κ3) is 2.26. The van der Waals surface area contributed by atoms with E-state index in [1.165, 1.54) is 11.6 Å². The van der Waals surface area contributed by atoms with Crippen molar-refractivity contribution in [3.05, 3.63) is 83.1 Å². The summed E-state index contributed by atoms with van der Waals surface area (Å²) in [5.74, 6) is 0.546. The second-order valence-corrected chi connectivity index (χ2v) is 7.79. The molecule has 2 aliphatic rings. The zero-order valence-electron chi connectivity index (χ0n) is 15.9. The van der Waals surface area contributed by atoms with Crippen LogP contribution in [0.25, 0.3) is 11.0 Å². The molecule has 1 spiro atoms. The maximum atomic E-state index is 14.3. The average molecular weight is 387 g/mol. The van der Waals surface area contributed by atoms with E-state index in [4.69, 9.17) is 9.26 Å². The van der Waals surface area contributed by atoms with Crippen LogP contribution in [0.15, 0.2) is 59.3 Å². The Bertz CT molecular complexity index is 1270. The van der Waals surface area contributed by atoms with E-state index in [1.54, 1.807) is 12.3 Å². The molecular weight excluding hydrogens is 369 g/mol. The van der Waals surface area contributed by atoms with Crippen LogP contribution in [0.1, 0.15) is 22.5 Å². The lowest BCUT2D eigenvalue weighted by atomic mass is 9.77. The molecule has 4 aromatic rings. The minimum Gasteiger partial charge on any atom is -0.492 e. The van der Waals surface area contributed by atoms with Gasteiger partial charge in [0.15, 0.2) is 5.58 Å². The Labute approximate surface area is 166 Å². The van der Waals surface area contributed by atoms with Gasteiger partial charge >= 0.3 is 0 Å². The van der Waals surface area contributed by atoms with Crippen LogP contribution >= 0.6 is 0 Å². The van der Waals surface area contributed by atoms with Crippen molar-refractivity contribution in [1.29, 1.82) is 0 Å². The minimum absolute atomic E-state index is 0.282. The SMILES string of the molecule is Cc1noc2cc3c(cc12)C1(CO3)CN(Cc2ncccc2F)c2ccccc21. The van der Waals surface area contributed by atoms with Crippen LogP contribution in [-0.2, 0) is 12.0 Å². The number of ether oxygens (including phenoxy) is 1. The van der Waals surface area contributed by atoms with Gasteiger partial charge in [-0.05, 0) is 36.8 Å². The topological polar surface area (TPSA) is 51.4 Å². The lowest BCUT2D eigenvalue weighted by molar-refractivity contribution is 0.298. The number of benzene rings is 2. The predicted molar refractivity (Wildman–Crippen MR) is 107 cm³/mol. The zero-order valence-corrected chi connectivity index (χ0v) is 15.9. The maximum Gasteiger partial charge on any atom is 0.170 e. The first-order valence-electron chi connectivity index (χ1n) is 9.63.